The van der Waals surface area contributed by atoms with Crippen molar-refractivity contribution in [3.05, 3.63) is 63.2 Å². The molecule has 3 heterocycles. The first kappa shape index (κ1) is 17.7. The maximum absolute atomic E-state index is 13.0. The molecule has 2 bridgehead atoms. The summed E-state index contributed by atoms with van der Waals surface area (Å²) < 4.78 is 6.89. The molecular weight excluding hydrogens is 350 g/mol. The van der Waals surface area contributed by atoms with Gasteiger partial charge in [-0.15, -0.1) is 0 Å². The van der Waals surface area contributed by atoms with E-state index in [0.717, 1.165) is 12.1 Å². The summed E-state index contributed by atoms with van der Waals surface area (Å²) in [5.41, 5.74) is 0.664. The van der Waals surface area contributed by atoms with Gasteiger partial charge in [-0.25, -0.2) is 5.21 Å². The largest absolute Gasteiger partial charge is 0.595 e. The van der Waals surface area contributed by atoms with Crippen molar-refractivity contribution < 1.29 is 20.0 Å². The molecule has 1 amide bonds. The van der Waals surface area contributed by atoms with Gasteiger partial charge in [0, 0.05) is 37.3 Å². The summed E-state index contributed by atoms with van der Waals surface area (Å²) >= 11 is 0. The molecular formula is C19H21N3O5. The lowest BCUT2D eigenvalue weighted by Gasteiger charge is -2.43. The number of hydrogen-bond acceptors (Lipinski definition) is 5. The SMILES string of the molecule is COc1ccccc1C(=O)N1CC2CC(C1)c1ccc([NH+]([O-])O)c(=O)n1C2. The van der Waals surface area contributed by atoms with Gasteiger partial charge in [0.05, 0.1) is 12.7 Å². The molecule has 1 aromatic heterocycles. The van der Waals surface area contributed by atoms with Gasteiger partial charge in [0.15, 0.2) is 0 Å². The number of carbonyl (C=O) groups excluding carboxylic acids is 1. The van der Waals surface area contributed by atoms with E-state index in [0.29, 0.717) is 30.9 Å². The molecule has 0 saturated carbocycles. The van der Waals surface area contributed by atoms with Gasteiger partial charge in [0.1, 0.15) is 5.75 Å². The highest BCUT2D eigenvalue weighted by Gasteiger charge is 2.37. The monoisotopic (exact) mass is 371 g/mol. The van der Waals surface area contributed by atoms with Crippen molar-refractivity contribution in [1.82, 2.24) is 9.47 Å². The number of piperidine rings is 1. The van der Waals surface area contributed by atoms with Crippen LogP contribution in [0.5, 0.6) is 5.75 Å². The van der Waals surface area contributed by atoms with Crippen molar-refractivity contribution in [3.8, 4) is 5.75 Å². The number of aromatic nitrogens is 1. The summed E-state index contributed by atoms with van der Waals surface area (Å²) in [4.78, 5) is 27.3. The van der Waals surface area contributed by atoms with Crippen LogP contribution < -0.4 is 15.5 Å². The molecule has 0 aliphatic carbocycles. The fourth-order valence-electron chi connectivity index (χ4n) is 4.27. The lowest BCUT2D eigenvalue weighted by atomic mass is 9.83. The van der Waals surface area contributed by atoms with Crippen LogP contribution in [0.4, 0.5) is 5.69 Å². The van der Waals surface area contributed by atoms with Crippen LogP contribution in [0.15, 0.2) is 41.2 Å². The number of likely N-dealkylation sites (tertiary alicyclic amines) is 1. The second kappa shape index (κ2) is 6.80. The van der Waals surface area contributed by atoms with Gasteiger partial charge in [0.2, 0.25) is 5.69 Å². The number of fused-ring (bicyclic) bond motifs is 4. The van der Waals surface area contributed by atoms with Crippen molar-refractivity contribution in [2.75, 3.05) is 20.2 Å². The molecule has 1 saturated heterocycles. The first-order chi connectivity index (χ1) is 13.0. The normalized spacial score (nSPS) is 22.1. The molecule has 1 fully saturated rings. The fraction of sp³-hybridized carbons (Fsp3) is 0.368. The highest BCUT2D eigenvalue weighted by molar-refractivity contribution is 5.97. The number of rotatable bonds is 3. The third-order valence-corrected chi connectivity index (χ3v) is 5.46. The zero-order valence-electron chi connectivity index (χ0n) is 14.9. The maximum atomic E-state index is 13.0. The Morgan fingerprint density at radius 2 is 2.00 bits per heavy atom. The van der Waals surface area contributed by atoms with Crippen LogP contribution in [0.2, 0.25) is 0 Å². The molecule has 0 spiro atoms. The van der Waals surface area contributed by atoms with E-state index in [-0.39, 0.29) is 23.4 Å². The Morgan fingerprint density at radius 1 is 1.22 bits per heavy atom. The van der Waals surface area contributed by atoms with E-state index >= 15 is 0 Å². The lowest BCUT2D eigenvalue weighted by molar-refractivity contribution is -0.992. The molecule has 8 heteroatoms. The number of pyridine rings is 1. The number of carbonyl (C=O) groups is 1. The Balaban J connectivity index is 1.64. The number of quaternary nitrogens is 1. The van der Waals surface area contributed by atoms with E-state index in [9.17, 15) is 20.0 Å². The predicted octanol–water partition coefficient (Wildman–Crippen LogP) is 0.520. The molecule has 1 aromatic carbocycles. The van der Waals surface area contributed by atoms with Gasteiger partial charge in [-0.1, -0.05) is 12.1 Å². The molecule has 3 atom stereocenters. The van der Waals surface area contributed by atoms with Crippen molar-refractivity contribution in [2.24, 2.45) is 5.92 Å². The Bertz CT molecular complexity index is 939. The standard InChI is InChI=1S/C19H21N3O5/c1-27-17-5-3-2-4-14(17)18(23)20-9-12-8-13(11-20)15-6-7-16(22(25)26)19(24)21(15)10-12/h2-7,12-13,22,25H,8-11H2,1H3. The van der Waals surface area contributed by atoms with Crippen molar-refractivity contribution in [3.63, 3.8) is 0 Å². The number of benzene rings is 1. The van der Waals surface area contributed by atoms with Crippen molar-refractivity contribution >= 4 is 11.6 Å². The first-order valence-corrected chi connectivity index (χ1v) is 8.89. The molecule has 2 aliphatic rings. The number of nitrogens with zero attached hydrogens (tertiary/aromatic N) is 2. The van der Waals surface area contributed by atoms with Crippen LogP contribution in [0, 0.1) is 11.1 Å². The number of ether oxygens (including phenoxy) is 1. The summed E-state index contributed by atoms with van der Waals surface area (Å²) in [6.07, 6.45) is 0.890. The van der Waals surface area contributed by atoms with Crippen LogP contribution in [-0.4, -0.2) is 40.8 Å². The quantitative estimate of drug-likeness (QED) is 0.767. The molecule has 27 heavy (non-hydrogen) atoms. The summed E-state index contributed by atoms with van der Waals surface area (Å²) in [6.45, 7) is 1.47. The molecule has 142 valence electrons. The van der Waals surface area contributed by atoms with Crippen LogP contribution in [0.1, 0.15) is 28.4 Å². The summed E-state index contributed by atoms with van der Waals surface area (Å²) in [5.74, 6) is 0.601. The molecule has 0 radical (unpaired) electrons. The second-order valence-corrected chi connectivity index (χ2v) is 7.10. The molecule has 2 aromatic rings. The Kier molecular flexibility index (Phi) is 4.47. The van der Waals surface area contributed by atoms with Crippen molar-refractivity contribution in [1.29, 1.82) is 0 Å². The molecule has 2 N–H and O–H groups in total. The van der Waals surface area contributed by atoms with Crippen LogP contribution in [0.3, 0.4) is 0 Å². The minimum atomic E-state index is -1.21. The zero-order chi connectivity index (χ0) is 19.1. The van der Waals surface area contributed by atoms with Gasteiger partial charge < -0.3 is 19.4 Å². The third-order valence-electron chi connectivity index (χ3n) is 5.46. The van der Waals surface area contributed by atoms with E-state index in [1.807, 2.05) is 17.0 Å². The summed E-state index contributed by atoms with van der Waals surface area (Å²) in [6, 6.07) is 10.2. The smallest absolute Gasteiger partial charge is 0.315 e. The number of nitrogens with one attached hydrogen (secondary N) is 1. The van der Waals surface area contributed by atoms with Crippen LogP contribution in [-0.2, 0) is 6.54 Å². The highest BCUT2D eigenvalue weighted by Crippen LogP contribution is 2.36. The Morgan fingerprint density at radius 3 is 2.74 bits per heavy atom. The lowest BCUT2D eigenvalue weighted by Crippen LogP contribution is -3.00. The molecule has 2 aliphatic heterocycles. The topological polar surface area (TPSA) is 99.3 Å². The maximum Gasteiger partial charge on any atom is 0.315 e. The third kappa shape index (κ3) is 3.01. The first-order valence-electron chi connectivity index (χ1n) is 8.89. The Hall–Kier alpha value is -2.68. The minimum absolute atomic E-state index is 0.0201. The highest BCUT2D eigenvalue weighted by atomic mass is 16.8. The van der Waals surface area contributed by atoms with Gasteiger partial charge >= 0.3 is 5.56 Å². The molecule has 4 rings (SSSR count). The minimum Gasteiger partial charge on any atom is -0.595 e. The number of para-hydroxylation sites is 1. The van der Waals surface area contributed by atoms with E-state index in [1.54, 1.807) is 29.9 Å². The number of methoxy groups -OCH3 is 1. The van der Waals surface area contributed by atoms with Gasteiger partial charge in [-0.05, 0) is 30.5 Å². The van der Waals surface area contributed by atoms with E-state index in [4.69, 9.17) is 4.74 Å². The fourth-order valence-corrected chi connectivity index (χ4v) is 4.27. The van der Waals surface area contributed by atoms with Crippen LogP contribution >= 0.6 is 0 Å². The van der Waals surface area contributed by atoms with Crippen LogP contribution in [0.25, 0.3) is 0 Å². The summed E-state index contributed by atoms with van der Waals surface area (Å²) in [5, 5.41) is 19.2. The molecule has 8 nitrogen and oxygen atoms in total. The van der Waals surface area contributed by atoms with E-state index in [1.165, 1.54) is 6.07 Å². The molecule has 3 unspecified atom stereocenters. The van der Waals surface area contributed by atoms with Gasteiger partial charge in [-0.2, -0.15) is 5.23 Å². The second-order valence-electron chi connectivity index (χ2n) is 7.10. The summed E-state index contributed by atoms with van der Waals surface area (Å²) in [7, 11) is 1.54. The van der Waals surface area contributed by atoms with Gasteiger partial charge in [0.25, 0.3) is 5.91 Å². The average Bonchev–Trinajstić information content (AvgIpc) is 2.67. The predicted molar refractivity (Wildman–Crippen MR) is 96.2 cm³/mol. The van der Waals surface area contributed by atoms with Gasteiger partial charge in [-0.3, -0.25) is 9.59 Å². The van der Waals surface area contributed by atoms with E-state index in [2.05, 4.69) is 0 Å². The number of hydrogen-bond donors (Lipinski definition) is 2. The number of amides is 1. The average molecular weight is 371 g/mol. The van der Waals surface area contributed by atoms with E-state index < -0.39 is 10.8 Å². The van der Waals surface area contributed by atoms with Crippen molar-refractivity contribution in [2.45, 2.75) is 18.9 Å². The zero-order valence-corrected chi connectivity index (χ0v) is 14.9. The Labute approximate surface area is 155 Å².